The normalized spacial score (nSPS) is 33.4. The Morgan fingerprint density at radius 3 is 2.50 bits per heavy atom. The second kappa shape index (κ2) is 6.05. The summed E-state index contributed by atoms with van der Waals surface area (Å²) in [5, 5.41) is 0. The molecular weight excluding hydrogens is 228 g/mol. The highest BCUT2D eigenvalue weighted by Crippen LogP contribution is 2.46. The summed E-state index contributed by atoms with van der Waals surface area (Å²) in [6.07, 6.45) is 6.72. The highest BCUT2D eigenvalue weighted by atomic mass is 16.7. The molecule has 2 aliphatic rings. The number of carbonyl (C=O) groups is 1. The van der Waals surface area contributed by atoms with E-state index in [1.807, 2.05) is 20.8 Å². The Bertz CT molecular complexity index is 289. The van der Waals surface area contributed by atoms with Gasteiger partial charge in [0.1, 0.15) is 0 Å². The molecule has 2 fully saturated rings. The fourth-order valence-electron chi connectivity index (χ4n) is 3.17. The first kappa shape index (κ1) is 13.9. The van der Waals surface area contributed by atoms with E-state index in [1.54, 1.807) is 0 Å². The summed E-state index contributed by atoms with van der Waals surface area (Å²) < 4.78 is 11.5. The quantitative estimate of drug-likeness (QED) is 0.537. The number of rotatable bonds is 6. The molecular formula is C15H26O3. The van der Waals surface area contributed by atoms with Gasteiger partial charge in [-0.05, 0) is 43.9 Å². The molecule has 0 saturated heterocycles. The zero-order chi connectivity index (χ0) is 13.1. The summed E-state index contributed by atoms with van der Waals surface area (Å²) in [5.41, 5.74) is 0. The lowest BCUT2D eigenvalue weighted by Gasteiger charge is -2.27. The Morgan fingerprint density at radius 2 is 2.00 bits per heavy atom. The molecule has 2 bridgehead atoms. The predicted molar refractivity (Wildman–Crippen MR) is 69.9 cm³/mol. The lowest BCUT2D eigenvalue weighted by Crippen LogP contribution is -2.31. The maximum atomic E-state index is 11.8. The maximum Gasteiger partial charge on any atom is 0.310 e. The predicted octanol–water partition coefficient (Wildman–Crippen LogP) is 3.52. The number of ether oxygens (including phenoxy) is 2. The van der Waals surface area contributed by atoms with Crippen molar-refractivity contribution in [3.8, 4) is 0 Å². The molecule has 18 heavy (non-hydrogen) atoms. The lowest BCUT2D eigenvalue weighted by atomic mass is 9.98. The molecule has 0 amide bonds. The third-order valence-electron chi connectivity index (χ3n) is 4.60. The largest absolute Gasteiger partial charge is 0.436 e. The van der Waals surface area contributed by atoms with Gasteiger partial charge in [0.25, 0.3) is 0 Å². The van der Waals surface area contributed by atoms with Gasteiger partial charge in [0.15, 0.2) is 0 Å². The molecule has 3 heteroatoms. The first-order valence-electron chi connectivity index (χ1n) is 7.49. The standard InChI is InChI=1S/C15H26O3/c1-4-10(3)15(16)18-14(5-2)17-13-9-11-6-7-12(13)8-11/h10-14H,4-9H2,1-3H3. The molecule has 2 rings (SSSR count). The summed E-state index contributed by atoms with van der Waals surface area (Å²) in [4.78, 5) is 11.8. The van der Waals surface area contributed by atoms with Crippen molar-refractivity contribution in [1.82, 2.24) is 0 Å². The summed E-state index contributed by atoms with van der Waals surface area (Å²) >= 11 is 0. The van der Waals surface area contributed by atoms with E-state index in [2.05, 4.69) is 0 Å². The molecule has 5 atom stereocenters. The zero-order valence-electron chi connectivity index (χ0n) is 11.9. The minimum absolute atomic E-state index is 0.0253. The van der Waals surface area contributed by atoms with Crippen molar-refractivity contribution in [2.75, 3.05) is 0 Å². The van der Waals surface area contributed by atoms with Crippen molar-refractivity contribution in [3.05, 3.63) is 0 Å². The first-order chi connectivity index (χ1) is 8.63. The van der Waals surface area contributed by atoms with Gasteiger partial charge in [0.2, 0.25) is 6.29 Å². The molecule has 0 aliphatic heterocycles. The van der Waals surface area contributed by atoms with Gasteiger partial charge in [-0.25, -0.2) is 0 Å². The lowest BCUT2D eigenvalue weighted by molar-refractivity contribution is -0.199. The Kier molecular flexibility index (Phi) is 4.66. The smallest absolute Gasteiger partial charge is 0.310 e. The Balaban J connectivity index is 1.80. The molecule has 0 aromatic carbocycles. The van der Waals surface area contributed by atoms with Gasteiger partial charge in [0.05, 0.1) is 12.0 Å². The Morgan fingerprint density at radius 1 is 1.22 bits per heavy atom. The third-order valence-corrected chi connectivity index (χ3v) is 4.60. The second-order valence-electron chi connectivity index (χ2n) is 5.93. The van der Waals surface area contributed by atoms with E-state index < -0.39 is 0 Å². The molecule has 104 valence electrons. The van der Waals surface area contributed by atoms with E-state index in [0.717, 1.165) is 18.8 Å². The molecule has 0 aromatic rings. The van der Waals surface area contributed by atoms with Crippen molar-refractivity contribution in [2.45, 2.75) is 71.7 Å². The van der Waals surface area contributed by atoms with Crippen molar-refractivity contribution in [2.24, 2.45) is 17.8 Å². The number of esters is 1. The molecule has 0 radical (unpaired) electrons. The summed E-state index contributed by atoms with van der Waals surface area (Å²) in [6.45, 7) is 5.93. The minimum Gasteiger partial charge on any atom is -0.436 e. The fraction of sp³-hybridized carbons (Fsp3) is 0.933. The van der Waals surface area contributed by atoms with Gasteiger partial charge in [-0.15, -0.1) is 0 Å². The molecule has 3 nitrogen and oxygen atoms in total. The van der Waals surface area contributed by atoms with E-state index in [0.29, 0.717) is 12.0 Å². The third kappa shape index (κ3) is 3.05. The molecule has 0 heterocycles. The van der Waals surface area contributed by atoms with E-state index in [1.165, 1.54) is 25.7 Å². The highest BCUT2D eigenvalue weighted by molar-refractivity contribution is 5.71. The Hall–Kier alpha value is -0.570. The van der Waals surface area contributed by atoms with Crippen LogP contribution in [-0.4, -0.2) is 18.4 Å². The molecule has 5 unspecified atom stereocenters. The van der Waals surface area contributed by atoms with Crippen LogP contribution in [0.5, 0.6) is 0 Å². The molecule has 2 saturated carbocycles. The van der Waals surface area contributed by atoms with Gasteiger partial charge >= 0.3 is 5.97 Å². The molecule has 2 aliphatic carbocycles. The number of carbonyl (C=O) groups excluding carboxylic acids is 1. The topological polar surface area (TPSA) is 35.5 Å². The van der Waals surface area contributed by atoms with E-state index >= 15 is 0 Å². The van der Waals surface area contributed by atoms with Crippen LogP contribution in [0.25, 0.3) is 0 Å². The zero-order valence-corrected chi connectivity index (χ0v) is 11.9. The summed E-state index contributed by atoms with van der Waals surface area (Å²) in [7, 11) is 0. The van der Waals surface area contributed by atoms with Crippen LogP contribution >= 0.6 is 0 Å². The highest BCUT2D eigenvalue weighted by Gasteiger charge is 2.41. The van der Waals surface area contributed by atoms with Gasteiger partial charge in [-0.3, -0.25) is 4.79 Å². The van der Waals surface area contributed by atoms with Crippen LogP contribution in [0.4, 0.5) is 0 Å². The van der Waals surface area contributed by atoms with E-state index in [9.17, 15) is 4.79 Å². The van der Waals surface area contributed by atoms with Gasteiger partial charge in [0, 0.05) is 6.42 Å². The van der Waals surface area contributed by atoms with Crippen LogP contribution in [0, 0.1) is 17.8 Å². The average Bonchev–Trinajstić information content (AvgIpc) is 2.98. The van der Waals surface area contributed by atoms with E-state index in [-0.39, 0.29) is 18.2 Å². The van der Waals surface area contributed by atoms with E-state index in [4.69, 9.17) is 9.47 Å². The average molecular weight is 254 g/mol. The molecule has 0 aromatic heterocycles. The van der Waals surface area contributed by atoms with Crippen LogP contribution in [0.2, 0.25) is 0 Å². The van der Waals surface area contributed by atoms with Gasteiger partial charge in [-0.1, -0.05) is 20.8 Å². The first-order valence-corrected chi connectivity index (χ1v) is 7.49. The molecule has 0 N–H and O–H groups in total. The SMILES string of the molecule is CCC(OC(=O)C(C)CC)OC1CC2CCC1C2. The van der Waals surface area contributed by atoms with Crippen molar-refractivity contribution in [3.63, 3.8) is 0 Å². The van der Waals surface area contributed by atoms with Crippen LogP contribution < -0.4 is 0 Å². The Labute approximate surface area is 110 Å². The fourth-order valence-corrected chi connectivity index (χ4v) is 3.17. The minimum atomic E-state index is -0.337. The summed E-state index contributed by atoms with van der Waals surface area (Å²) in [6, 6.07) is 0. The van der Waals surface area contributed by atoms with Gasteiger partial charge in [-0.2, -0.15) is 0 Å². The second-order valence-corrected chi connectivity index (χ2v) is 5.93. The van der Waals surface area contributed by atoms with Crippen LogP contribution in [0.3, 0.4) is 0 Å². The van der Waals surface area contributed by atoms with Crippen molar-refractivity contribution < 1.29 is 14.3 Å². The van der Waals surface area contributed by atoms with Crippen LogP contribution in [0.15, 0.2) is 0 Å². The number of hydrogen-bond acceptors (Lipinski definition) is 3. The van der Waals surface area contributed by atoms with Crippen molar-refractivity contribution >= 4 is 5.97 Å². The maximum absolute atomic E-state index is 11.8. The molecule has 0 spiro atoms. The van der Waals surface area contributed by atoms with Crippen LogP contribution in [0.1, 0.15) is 59.3 Å². The summed E-state index contributed by atoms with van der Waals surface area (Å²) in [5.74, 6) is 1.43. The van der Waals surface area contributed by atoms with Crippen LogP contribution in [-0.2, 0) is 14.3 Å². The monoisotopic (exact) mass is 254 g/mol. The number of fused-ring (bicyclic) bond motifs is 2. The van der Waals surface area contributed by atoms with Gasteiger partial charge < -0.3 is 9.47 Å². The number of hydrogen-bond donors (Lipinski definition) is 0. The van der Waals surface area contributed by atoms with Crippen molar-refractivity contribution in [1.29, 1.82) is 0 Å².